The SMILES string of the molecule is CCOC(=O)c1ccc(N2C[C@@H](C(=O)OCC(=O)c3cccs3)CC2=O)cc1. The summed E-state index contributed by atoms with van der Waals surface area (Å²) in [5.74, 6) is -2.11. The van der Waals surface area contributed by atoms with E-state index in [1.165, 1.54) is 16.2 Å². The van der Waals surface area contributed by atoms with Crippen LogP contribution in [0, 0.1) is 5.92 Å². The first kappa shape index (κ1) is 19.8. The van der Waals surface area contributed by atoms with Gasteiger partial charge in [-0.05, 0) is 42.6 Å². The van der Waals surface area contributed by atoms with Crippen molar-refractivity contribution in [3.8, 4) is 0 Å². The van der Waals surface area contributed by atoms with Gasteiger partial charge < -0.3 is 14.4 Å². The fourth-order valence-corrected chi connectivity index (χ4v) is 3.52. The van der Waals surface area contributed by atoms with Crippen molar-refractivity contribution in [1.29, 1.82) is 0 Å². The molecule has 2 aromatic rings. The highest BCUT2D eigenvalue weighted by Crippen LogP contribution is 2.26. The number of carbonyl (C=O) groups excluding carboxylic acids is 4. The van der Waals surface area contributed by atoms with Crippen LogP contribution in [0.5, 0.6) is 0 Å². The van der Waals surface area contributed by atoms with Gasteiger partial charge in [-0.15, -0.1) is 11.3 Å². The molecular weight excluding hydrogens is 382 g/mol. The molecule has 7 nitrogen and oxygen atoms in total. The second-order valence-corrected chi connectivity index (χ2v) is 7.13. The Morgan fingerprint density at radius 2 is 1.89 bits per heavy atom. The largest absolute Gasteiger partial charge is 0.462 e. The molecule has 0 N–H and O–H groups in total. The van der Waals surface area contributed by atoms with Gasteiger partial charge in [-0.25, -0.2) is 4.79 Å². The van der Waals surface area contributed by atoms with Gasteiger partial charge in [0, 0.05) is 18.7 Å². The van der Waals surface area contributed by atoms with Crippen molar-refractivity contribution in [2.45, 2.75) is 13.3 Å². The fraction of sp³-hybridized carbons (Fsp3) is 0.300. The van der Waals surface area contributed by atoms with Gasteiger partial charge in [0.2, 0.25) is 11.7 Å². The Bertz CT molecular complexity index is 875. The third-order valence-corrected chi connectivity index (χ3v) is 5.20. The van der Waals surface area contributed by atoms with Crippen molar-refractivity contribution in [3.63, 3.8) is 0 Å². The van der Waals surface area contributed by atoms with E-state index in [2.05, 4.69) is 0 Å². The molecule has 1 amide bonds. The second-order valence-electron chi connectivity index (χ2n) is 6.18. The standard InChI is InChI=1S/C20H19NO6S/c1-2-26-19(24)13-5-7-15(8-6-13)21-11-14(10-18(21)23)20(25)27-12-16(22)17-4-3-9-28-17/h3-9,14H,2,10-12H2,1H3/t14-/m0/s1. The maximum Gasteiger partial charge on any atom is 0.338 e. The molecule has 1 fully saturated rings. The fourth-order valence-electron chi connectivity index (χ4n) is 2.87. The smallest absolute Gasteiger partial charge is 0.338 e. The number of anilines is 1. The highest BCUT2D eigenvalue weighted by atomic mass is 32.1. The van der Waals surface area contributed by atoms with E-state index in [1.54, 1.807) is 48.7 Å². The third-order valence-electron chi connectivity index (χ3n) is 4.29. The number of esters is 2. The molecule has 0 radical (unpaired) electrons. The summed E-state index contributed by atoms with van der Waals surface area (Å²) < 4.78 is 10.0. The van der Waals surface area contributed by atoms with Crippen molar-refractivity contribution in [2.24, 2.45) is 5.92 Å². The van der Waals surface area contributed by atoms with Gasteiger partial charge in [0.1, 0.15) is 0 Å². The summed E-state index contributed by atoms with van der Waals surface area (Å²) in [6.45, 7) is 1.84. The second kappa shape index (κ2) is 8.79. The summed E-state index contributed by atoms with van der Waals surface area (Å²) in [5, 5.41) is 1.77. The van der Waals surface area contributed by atoms with Crippen LogP contribution in [0.25, 0.3) is 0 Å². The molecule has 1 atom stereocenters. The minimum atomic E-state index is -0.631. The highest BCUT2D eigenvalue weighted by Gasteiger charge is 2.36. The predicted octanol–water partition coefficient (Wildman–Crippen LogP) is 2.70. The molecule has 8 heteroatoms. The van der Waals surface area contributed by atoms with Crippen molar-refractivity contribution < 1.29 is 28.7 Å². The van der Waals surface area contributed by atoms with Crippen LogP contribution in [0.2, 0.25) is 0 Å². The Hall–Kier alpha value is -3.00. The van der Waals surface area contributed by atoms with Gasteiger partial charge in [-0.3, -0.25) is 14.4 Å². The number of amides is 1. The Labute approximate surface area is 165 Å². The average molecular weight is 401 g/mol. The molecule has 1 aliphatic heterocycles. The molecule has 0 aliphatic carbocycles. The zero-order valence-electron chi connectivity index (χ0n) is 15.3. The van der Waals surface area contributed by atoms with Crippen LogP contribution in [0.1, 0.15) is 33.4 Å². The van der Waals surface area contributed by atoms with Crippen LogP contribution < -0.4 is 4.90 Å². The molecule has 1 aromatic heterocycles. The monoisotopic (exact) mass is 401 g/mol. The zero-order valence-corrected chi connectivity index (χ0v) is 16.1. The molecule has 0 spiro atoms. The minimum absolute atomic E-state index is 0.0195. The van der Waals surface area contributed by atoms with Gasteiger partial charge in [-0.2, -0.15) is 0 Å². The van der Waals surface area contributed by atoms with E-state index in [0.29, 0.717) is 16.1 Å². The van der Waals surface area contributed by atoms with Crippen LogP contribution in [-0.2, 0) is 19.1 Å². The summed E-state index contributed by atoms with van der Waals surface area (Å²) in [5.41, 5.74) is 0.975. The maximum atomic E-state index is 12.3. The molecule has 0 bridgehead atoms. The molecular formula is C20H19NO6S. The summed E-state index contributed by atoms with van der Waals surface area (Å²) in [4.78, 5) is 50.2. The van der Waals surface area contributed by atoms with E-state index in [0.717, 1.165) is 0 Å². The number of carbonyl (C=O) groups is 4. The van der Waals surface area contributed by atoms with Gasteiger partial charge in [-0.1, -0.05) is 6.07 Å². The van der Waals surface area contributed by atoms with E-state index >= 15 is 0 Å². The third kappa shape index (κ3) is 4.45. The van der Waals surface area contributed by atoms with Crippen LogP contribution in [0.3, 0.4) is 0 Å². The van der Waals surface area contributed by atoms with E-state index in [9.17, 15) is 19.2 Å². The minimum Gasteiger partial charge on any atom is -0.462 e. The van der Waals surface area contributed by atoms with Gasteiger partial charge in [0.15, 0.2) is 6.61 Å². The lowest BCUT2D eigenvalue weighted by Crippen LogP contribution is -2.27. The summed E-state index contributed by atoms with van der Waals surface area (Å²) in [6, 6.07) is 9.84. The van der Waals surface area contributed by atoms with Crippen molar-refractivity contribution in [1.82, 2.24) is 0 Å². The van der Waals surface area contributed by atoms with Crippen LogP contribution in [0.15, 0.2) is 41.8 Å². The number of hydrogen-bond donors (Lipinski definition) is 0. The Balaban J connectivity index is 1.57. The lowest BCUT2D eigenvalue weighted by atomic mass is 10.1. The number of ether oxygens (including phenoxy) is 2. The van der Waals surface area contributed by atoms with Crippen LogP contribution in [0.4, 0.5) is 5.69 Å². The van der Waals surface area contributed by atoms with Crippen LogP contribution in [-0.4, -0.2) is 43.4 Å². The highest BCUT2D eigenvalue weighted by molar-refractivity contribution is 7.12. The molecule has 1 aliphatic rings. The molecule has 1 saturated heterocycles. The Morgan fingerprint density at radius 1 is 1.14 bits per heavy atom. The van der Waals surface area contributed by atoms with Gasteiger partial charge >= 0.3 is 11.9 Å². The van der Waals surface area contributed by atoms with Gasteiger partial charge in [0.25, 0.3) is 0 Å². The number of rotatable bonds is 7. The molecule has 28 heavy (non-hydrogen) atoms. The zero-order chi connectivity index (χ0) is 20.1. The number of ketones is 1. The summed E-state index contributed by atoms with van der Waals surface area (Å²) in [7, 11) is 0. The predicted molar refractivity (Wildman–Crippen MR) is 102 cm³/mol. The summed E-state index contributed by atoms with van der Waals surface area (Å²) >= 11 is 1.28. The summed E-state index contributed by atoms with van der Waals surface area (Å²) in [6.07, 6.45) is 0.0195. The number of Topliss-reactive ketones (excluding diaryl/α,β-unsaturated/α-hetero) is 1. The quantitative estimate of drug-likeness (QED) is 0.523. The Morgan fingerprint density at radius 3 is 2.54 bits per heavy atom. The van der Waals surface area contributed by atoms with Crippen molar-refractivity contribution in [2.75, 3.05) is 24.7 Å². The topological polar surface area (TPSA) is 90.0 Å². The molecule has 2 heterocycles. The maximum absolute atomic E-state index is 12.3. The molecule has 1 aromatic carbocycles. The first-order chi connectivity index (χ1) is 13.5. The molecule has 0 unspecified atom stereocenters. The lowest BCUT2D eigenvalue weighted by Gasteiger charge is -2.16. The number of hydrogen-bond acceptors (Lipinski definition) is 7. The first-order valence-corrected chi connectivity index (χ1v) is 9.68. The Kier molecular flexibility index (Phi) is 6.20. The number of thiophene rings is 1. The van der Waals surface area contributed by atoms with E-state index in [-0.39, 0.29) is 37.9 Å². The average Bonchev–Trinajstić information content (AvgIpc) is 3.36. The normalized spacial score (nSPS) is 16.1. The van der Waals surface area contributed by atoms with Crippen LogP contribution >= 0.6 is 11.3 Å². The number of benzene rings is 1. The molecule has 0 saturated carbocycles. The van der Waals surface area contributed by atoms with E-state index < -0.39 is 17.9 Å². The molecule has 3 rings (SSSR count). The van der Waals surface area contributed by atoms with E-state index in [1.807, 2.05) is 0 Å². The van der Waals surface area contributed by atoms with Crippen molar-refractivity contribution in [3.05, 3.63) is 52.2 Å². The first-order valence-electron chi connectivity index (χ1n) is 8.80. The van der Waals surface area contributed by atoms with E-state index in [4.69, 9.17) is 9.47 Å². The number of nitrogens with zero attached hydrogens (tertiary/aromatic N) is 1. The van der Waals surface area contributed by atoms with Crippen molar-refractivity contribution >= 4 is 40.7 Å². The molecule has 146 valence electrons. The van der Waals surface area contributed by atoms with Gasteiger partial charge in [0.05, 0.1) is 23.0 Å². The lowest BCUT2D eigenvalue weighted by molar-refractivity contribution is -0.147.